The van der Waals surface area contributed by atoms with Gasteiger partial charge in [0.25, 0.3) is 0 Å². The number of aromatic nitrogens is 4. The van der Waals surface area contributed by atoms with E-state index in [-0.39, 0.29) is 5.65 Å². The van der Waals surface area contributed by atoms with Gasteiger partial charge in [-0.15, -0.1) is 15.3 Å². The summed E-state index contributed by atoms with van der Waals surface area (Å²) in [4.78, 5) is 3.97. The number of hydrogen-bond donors (Lipinski definition) is 0. The second-order valence-electron chi connectivity index (χ2n) is 6.49. The molecular formula is C16H15F5N6. The van der Waals surface area contributed by atoms with Crippen LogP contribution in [-0.2, 0) is 5.92 Å². The first-order valence-corrected chi connectivity index (χ1v) is 8.23. The number of hydrogen-bond acceptors (Lipinski definition) is 5. The van der Waals surface area contributed by atoms with Crippen LogP contribution in [0, 0.1) is 0 Å². The minimum atomic E-state index is -5.79. The predicted octanol–water partition coefficient (Wildman–Crippen LogP) is 2.68. The lowest BCUT2D eigenvalue weighted by Gasteiger charge is -2.33. The highest BCUT2D eigenvalue weighted by molar-refractivity contribution is 6.00. The quantitative estimate of drug-likeness (QED) is 0.634. The van der Waals surface area contributed by atoms with Gasteiger partial charge in [-0.1, -0.05) is 24.3 Å². The zero-order valence-corrected chi connectivity index (χ0v) is 14.2. The molecule has 1 aromatic carbocycles. The summed E-state index contributed by atoms with van der Waals surface area (Å²) >= 11 is 0. The summed E-state index contributed by atoms with van der Waals surface area (Å²) in [5.41, 5.74) is -0.137. The van der Waals surface area contributed by atoms with E-state index in [1.807, 2.05) is 11.9 Å². The Morgan fingerprint density at radius 2 is 1.52 bits per heavy atom. The highest BCUT2D eigenvalue weighted by Gasteiger charge is 2.62. The van der Waals surface area contributed by atoms with E-state index in [2.05, 4.69) is 20.2 Å². The summed E-state index contributed by atoms with van der Waals surface area (Å²) in [7, 11) is 1.95. The molecule has 27 heavy (non-hydrogen) atoms. The molecule has 0 spiro atoms. The van der Waals surface area contributed by atoms with Crippen LogP contribution in [-0.4, -0.2) is 64.1 Å². The molecule has 1 aliphatic heterocycles. The van der Waals surface area contributed by atoms with Gasteiger partial charge in [-0.3, -0.25) is 0 Å². The van der Waals surface area contributed by atoms with Crippen LogP contribution in [0.5, 0.6) is 0 Å². The van der Waals surface area contributed by atoms with Crippen LogP contribution in [0.2, 0.25) is 0 Å². The van der Waals surface area contributed by atoms with E-state index >= 15 is 0 Å². The van der Waals surface area contributed by atoms with Crippen LogP contribution in [0.25, 0.3) is 16.4 Å². The molecule has 0 unspecified atom stereocenters. The maximum Gasteiger partial charge on any atom is 0.461 e. The van der Waals surface area contributed by atoms with Crippen LogP contribution < -0.4 is 4.90 Å². The van der Waals surface area contributed by atoms with Crippen LogP contribution in [0.1, 0.15) is 5.82 Å². The molecule has 0 aliphatic carbocycles. The smallest absolute Gasteiger partial charge is 0.352 e. The molecule has 6 nitrogen and oxygen atoms in total. The first-order chi connectivity index (χ1) is 12.7. The summed E-state index contributed by atoms with van der Waals surface area (Å²) in [5, 5.41) is 11.9. The van der Waals surface area contributed by atoms with Crippen LogP contribution in [0.3, 0.4) is 0 Å². The molecule has 0 N–H and O–H groups in total. The summed E-state index contributed by atoms with van der Waals surface area (Å²) in [6.45, 7) is 2.60. The van der Waals surface area contributed by atoms with Crippen molar-refractivity contribution in [1.29, 1.82) is 0 Å². The van der Waals surface area contributed by atoms with Crippen LogP contribution in [0.4, 0.5) is 27.8 Å². The van der Waals surface area contributed by atoms with E-state index < -0.39 is 17.9 Å². The first kappa shape index (κ1) is 17.8. The second kappa shape index (κ2) is 5.98. The average Bonchev–Trinajstić information content (AvgIpc) is 3.06. The van der Waals surface area contributed by atoms with Crippen molar-refractivity contribution >= 4 is 22.2 Å². The molecule has 0 atom stereocenters. The Labute approximate surface area is 150 Å². The molecule has 144 valence electrons. The number of nitrogens with zero attached hydrogens (tertiary/aromatic N) is 6. The van der Waals surface area contributed by atoms with Gasteiger partial charge in [0, 0.05) is 37.0 Å². The highest BCUT2D eigenvalue weighted by Crippen LogP contribution is 2.43. The van der Waals surface area contributed by atoms with Crippen molar-refractivity contribution in [2.75, 3.05) is 38.1 Å². The van der Waals surface area contributed by atoms with E-state index in [4.69, 9.17) is 0 Å². The predicted molar refractivity (Wildman–Crippen MR) is 87.9 cm³/mol. The van der Waals surface area contributed by atoms with Gasteiger partial charge < -0.3 is 9.80 Å². The topological polar surface area (TPSA) is 49.6 Å². The second-order valence-corrected chi connectivity index (χ2v) is 6.49. The monoisotopic (exact) mass is 386 g/mol. The molecule has 3 heterocycles. The summed E-state index contributed by atoms with van der Waals surface area (Å²) in [6.07, 6.45) is -5.79. The molecule has 0 amide bonds. The Morgan fingerprint density at radius 3 is 2.15 bits per heavy atom. The van der Waals surface area contributed by atoms with E-state index in [1.165, 1.54) is 0 Å². The number of fused-ring (bicyclic) bond motifs is 3. The van der Waals surface area contributed by atoms with Crippen molar-refractivity contribution in [3.63, 3.8) is 0 Å². The number of anilines is 1. The number of alkyl halides is 5. The van der Waals surface area contributed by atoms with Crippen molar-refractivity contribution in [2.24, 2.45) is 0 Å². The fourth-order valence-electron chi connectivity index (χ4n) is 3.14. The van der Waals surface area contributed by atoms with E-state index in [9.17, 15) is 22.0 Å². The standard InChI is InChI=1S/C16H15F5N6/c1-25-6-8-26(9-7-25)13-11-5-3-2-4-10(11)12-22-23-14(27(12)24-13)15(17,18)16(19,20)21/h2-5H,6-9H2,1H3. The lowest BCUT2D eigenvalue weighted by Crippen LogP contribution is -2.45. The zero-order chi connectivity index (χ0) is 19.4. The number of rotatable bonds is 2. The molecule has 1 saturated heterocycles. The third-order valence-corrected chi connectivity index (χ3v) is 4.68. The first-order valence-electron chi connectivity index (χ1n) is 8.23. The van der Waals surface area contributed by atoms with Gasteiger partial charge >= 0.3 is 12.1 Å². The van der Waals surface area contributed by atoms with Crippen molar-refractivity contribution in [2.45, 2.75) is 12.1 Å². The Bertz CT molecular complexity index is 990. The highest BCUT2D eigenvalue weighted by atomic mass is 19.4. The molecule has 0 bridgehead atoms. The Kier molecular flexibility index (Phi) is 3.95. The maximum atomic E-state index is 13.9. The zero-order valence-electron chi connectivity index (χ0n) is 14.2. The Balaban J connectivity index is 1.96. The summed E-state index contributed by atoms with van der Waals surface area (Å²) in [5.74, 6) is -6.36. The normalized spacial score (nSPS) is 17.2. The SMILES string of the molecule is CN1CCN(c2nn3c(C(F)(F)C(F)(F)F)nnc3c3ccccc23)CC1. The Morgan fingerprint density at radius 1 is 0.889 bits per heavy atom. The Hall–Kier alpha value is -2.56. The van der Waals surface area contributed by atoms with Crippen molar-refractivity contribution in [1.82, 2.24) is 24.7 Å². The van der Waals surface area contributed by atoms with E-state index in [0.717, 1.165) is 13.1 Å². The van der Waals surface area contributed by atoms with Crippen LogP contribution >= 0.6 is 0 Å². The van der Waals surface area contributed by atoms with Crippen LogP contribution in [0.15, 0.2) is 24.3 Å². The van der Waals surface area contributed by atoms with E-state index in [0.29, 0.717) is 34.2 Å². The van der Waals surface area contributed by atoms with Crippen molar-refractivity contribution in [3.8, 4) is 0 Å². The van der Waals surface area contributed by atoms with Crippen molar-refractivity contribution in [3.05, 3.63) is 30.1 Å². The van der Waals surface area contributed by atoms with Gasteiger partial charge in [0.2, 0.25) is 5.82 Å². The largest absolute Gasteiger partial charge is 0.461 e. The number of likely N-dealkylation sites (N-methyl/N-ethyl adjacent to an activating group) is 1. The molecule has 1 fully saturated rings. The fourth-order valence-corrected chi connectivity index (χ4v) is 3.14. The number of benzene rings is 1. The molecule has 4 rings (SSSR count). The van der Waals surface area contributed by atoms with Crippen molar-refractivity contribution < 1.29 is 22.0 Å². The number of halogens is 5. The summed E-state index contributed by atoms with van der Waals surface area (Å²) < 4.78 is 67.0. The molecule has 1 aliphatic rings. The number of piperazine rings is 1. The minimum Gasteiger partial charge on any atom is -0.352 e. The molecule has 0 radical (unpaired) electrons. The van der Waals surface area contributed by atoms with Gasteiger partial charge in [0.05, 0.1) is 0 Å². The molecule has 2 aromatic heterocycles. The summed E-state index contributed by atoms with van der Waals surface area (Å²) in [6, 6.07) is 6.76. The van der Waals surface area contributed by atoms with E-state index in [1.54, 1.807) is 24.3 Å². The van der Waals surface area contributed by atoms with Gasteiger partial charge in [0.1, 0.15) is 0 Å². The molecular weight excluding hydrogens is 371 g/mol. The lowest BCUT2D eigenvalue weighted by molar-refractivity contribution is -0.293. The molecule has 0 saturated carbocycles. The minimum absolute atomic E-state index is 0.137. The third-order valence-electron chi connectivity index (χ3n) is 4.68. The fraction of sp³-hybridized carbons (Fsp3) is 0.438. The molecule has 11 heteroatoms. The van der Waals surface area contributed by atoms with Gasteiger partial charge in [-0.25, -0.2) is 0 Å². The van der Waals surface area contributed by atoms with Gasteiger partial charge in [0.15, 0.2) is 11.5 Å². The van der Waals surface area contributed by atoms with Gasteiger partial charge in [-0.2, -0.15) is 26.5 Å². The lowest BCUT2D eigenvalue weighted by atomic mass is 10.1. The molecule has 3 aromatic rings. The maximum absolute atomic E-state index is 13.9. The average molecular weight is 386 g/mol. The third kappa shape index (κ3) is 2.76. The van der Waals surface area contributed by atoms with Gasteiger partial charge in [-0.05, 0) is 7.05 Å².